The van der Waals surface area contributed by atoms with Gasteiger partial charge < -0.3 is 0 Å². The second-order valence-electron chi connectivity index (χ2n) is 3.85. The maximum atomic E-state index is 5.51. The number of rotatable bonds is 0. The molecule has 0 aliphatic heterocycles. The molecule has 0 aromatic heterocycles. The summed E-state index contributed by atoms with van der Waals surface area (Å²) in [6, 6.07) is 0. The molecule has 0 amide bonds. The average Bonchev–Trinajstić information content (AvgIpc) is 2.15. The van der Waals surface area contributed by atoms with Crippen molar-refractivity contribution in [1.29, 1.82) is 0 Å². The van der Waals surface area contributed by atoms with Crippen molar-refractivity contribution < 1.29 is 0 Å². The molecule has 14 heavy (non-hydrogen) atoms. The first-order valence-electron chi connectivity index (χ1n) is 4.97. The van der Waals surface area contributed by atoms with Crippen LogP contribution in [0.25, 0.3) is 0 Å². The smallest absolute Gasteiger partial charge is 0.0565 e. The molecule has 1 rings (SSSR count). The van der Waals surface area contributed by atoms with Crippen LogP contribution in [0.1, 0.15) is 33.1 Å². The topological polar surface area (TPSA) is 0 Å². The molecule has 0 heterocycles. The van der Waals surface area contributed by atoms with E-state index in [1.807, 2.05) is 0 Å². The predicted molar refractivity (Wildman–Crippen MR) is 61.5 cm³/mol. The molecule has 72 valence electrons. The van der Waals surface area contributed by atoms with Crippen molar-refractivity contribution in [3.8, 4) is 24.7 Å². The molecular formula is C14H16. The number of hydrogen-bond acceptors (Lipinski definition) is 0. The van der Waals surface area contributed by atoms with Crippen LogP contribution >= 0.6 is 0 Å². The highest BCUT2D eigenvalue weighted by molar-refractivity contribution is 5.39. The van der Waals surface area contributed by atoms with Gasteiger partial charge in [-0.1, -0.05) is 29.1 Å². The van der Waals surface area contributed by atoms with E-state index in [2.05, 4.69) is 31.8 Å². The van der Waals surface area contributed by atoms with Crippen LogP contribution in [0.3, 0.4) is 0 Å². The highest BCUT2D eigenvalue weighted by Gasteiger charge is 2.14. The molecule has 0 heteroatoms. The van der Waals surface area contributed by atoms with Gasteiger partial charge in [0.15, 0.2) is 0 Å². The molecule has 0 fully saturated rings. The summed E-state index contributed by atoms with van der Waals surface area (Å²) in [5.41, 5.74) is 3.66. The third-order valence-corrected chi connectivity index (χ3v) is 2.70. The van der Waals surface area contributed by atoms with Gasteiger partial charge in [0.25, 0.3) is 0 Å². The Kier molecular flexibility index (Phi) is 3.61. The summed E-state index contributed by atoms with van der Waals surface area (Å²) in [5.74, 6) is 5.65. The Hall–Kier alpha value is -1.40. The van der Waals surface area contributed by atoms with E-state index in [9.17, 15) is 0 Å². The van der Waals surface area contributed by atoms with Crippen LogP contribution in [0.2, 0.25) is 0 Å². The highest BCUT2D eigenvalue weighted by atomic mass is 14.2. The summed E-state index contributed by atoms with van der Waals surface area (Å²) in [7, 11) is 0. The van der Waals surface area contributed by atoms with Gasteiger partial charge in [0.05, 0.1) is 5.92 Å². The summed E-state index contributed by atoms with van der Waals surface area (Å²) >= 11 is 0. The molecule has 0 nitrogen and oxygen atoms in total. The van der Waals surface area contributed by atoms with Crippen LogP contribution in [0.5, 0.6) is 0 Å². The van der Waals surface area contributed by atoms with Gasteiger partial charge in [-0.2, -0.15) is 0 Å². The Morgan fingerprint density at radius 2 is 2.07 bits per heavy atom. The molecule has 0 bridgehead atoms. The van der Waals surface area contributed by atoms with Gasteiger partial charge in [-0.05, 0) is 33.1 Å². The van der Waals surface area contributed by atoms with Gasteiger partial charge in [0.1, 0.15) is 0 Å². The van der Waals surface area contributed by atoms with Crippen LogP contribution in [-0.4, -0.2) is 0 Å². The minimum atomic E-state index is 0.108. The summed E-state index contributed by atoms with van der Waals surface area (Å²) in [4.78, 5) is 0. The van der Waals surface area contributed by atoms with Gasteiger partial charge >= 0.3 is 0 Å². The Bertz CT molecular complexity index is 352. The zero-order valence-electron chi connectivity index (χ0n) is 8.93. The largest absolute Gasteiger partial charge is 0.119 e. The molecule has 1 unspecified atom stereocenters. The van der Waals surface area contributed by atoms with E-state index in [1.54, 1.807) is 0 Å². The molecule has 0 spiro atoms. The quantitative estimate of drug-likeness (QED) is 0.400. The molecular weight excluding hydrogens is 168 g/mol. The van der Waals surface area contributed by atoms with Crippen molar-refractivity contribution in [3.63, 3.8) is 0 Å². The first-order chi connectivity index (χ1) is 6.69. The van der Waals surface area contributed by atoms with Gasteiger partial charge in [0, 0.05) is 5.57 Å². The molecule has 0 saturated carbocycles. The minimum absolute atomic E-state index is 0.108. The SMILES string of the molecule is C#CC1=C(C)CCC=C(C)CC1C#C. The van der Waals surface area contributed by atoms with E-state index >= 15 is 0 Å². The van der Waals surface area contributed by atoms with Crippen LogP contribution in [0, 0.1) is 30.6 Å². The van der Waals surface area contributed by atoms with Crippen molar-refractivity contribution in [2.45, 2.75) is 33.1 Å². The third kappa shape index (κ3) is 2.30. The van der Waals surface area contributed by atoms with Crippen LogP contribution < -0.4 is 0 Å². The Morgan fingerprint density at radius 1 is 1.36 bits per heavy atom. The fourth-order valence-electron chi connectivity index (χ4n) is 1.84. The average molecular weight is 184 g/mol. The first-order valence-corrected chi connectivity index (χ1v) is 4.97. The summed E-state index contributed by atoms with van der Waals surface area (Å²) < 4.78 is 0. The lowest BCUT2D eigenvalue weighted by atomic mass is 9.86. The Morgan fingerprint density at radius 3 is 2.64 bits per heavy atom. The number of allylic oxidation sites excluding steroid dienone is 4. The number of hydrogen-bond donors (Lipinski definition) is 0. The lowest BCUT2D eigenvalue weighted by Crippen LogP contribution is -2.05. The highest BCUT2D eigenvalue weighted by Crippen LogP contribution is 2.26. The third-order valence-electron chi connectivity index (χ3n) is 2.70. The zero-order chi connectivity index (χ0) is 10.6. The van der Waals surface area contributed by atoms with Crippen molar-refractivity contribution in [3.05, 3.63) is 22.8 Å². The van der Waals surface area contributed by atoms with E-state index in [-0.39, 0.29) is 5.92 Å². The van der Waals surface area contributed by atoms with E-state index in [0.29, 0.717) is 0 Å². The van der Waals surface area contributed by atoms with Crippen molar-refractivity contribution in [1.82, 2.24) is 0 Å². The first kappa shape index (κ1) is 10.7. The van der Waals surface area contributed by atoms with E-state index < -0.39 is 0 Å². The summed E-state index contributed by atoms with van der Waals surface area (Å²) in [6.07, 6.45) is 16.3. The second kappa shape index (κ2) is 4.73. The summed E-state index contributed by atoms with van der Waals surface area (Å²) in [5, 5.41) is 0. The second-order valence-corrected chi connectivity index (χ2v) is 3.85. The molecule has 0 aromatic carbocycles. The standard InChI is InChI=1S/C14H16/c1-5-13-10-11(3)8-7-9-12(4)14(13)6-2/h1-2,8,13H,7,9-10H2,3-4H3. The van der Waals surface area contributed by atoms with Crippen LogP contribution in [-0.2, 0) is 0 Å². The van der Waals surface area contributed by atoms with Gasteiger partial charge in [-0.25, -0.2) is 0 Å². The molecule has 1 atom stereocenters. The lowest BCUT2D eigenvalue weighted by Gasteiger charge is -2.17. The zero-order valence-corrected chi connectivity index (χ0v) is 8.93. The van der Waals surface area contributed by atoms with Crippen molar-refractivity contribution in [2.75, 3.05) is 0 Å². The van der Waals surface area contributed by atoms with E-state index in [1.165, 1.54) is 11.1 Å². The molecule has 0 aromatic rings. The monoisotopic (exact) mass is 184 g/mol. The fraction of sp³-hybridized carbons (Fsp3) is 0.429. The van der Waals surface area contributed by atoms with E-state index in [4.69, 9.17) is 12.8 Å². The van der Waals surface area contributed by atoms with Gasteiger partial charge in [-0.15, -0.1) is 12.8 Å². The Labute approximate surface area is 87.1 Å². The maximum Gasteiger partial charge on any atom is 0.0565 e. The molecule has 0 radical (unpaired) electrons. The van der Waals surface area contributed by atoms with Crippen LogP contribution in [0.15, 0.2) is 22.8 Å². The molecule has 0 N–H and O–H groups in total. The summed E-state index contributed by atoms with van der Waals surface area (Å²) in [6.45, 7) is 4.22. The number of terminal acetylenes is 2. The van der Waals surface area contributed by atoms with E-state index in [0.717, 1.165) is 24.8 Å². The normalized spacial score (nSPS) is 22.9. The maximum absolute atomic E-state index is 5.51. The molecule has 1 aliphatic carbocycles. The Balaban J connectivity index is 3.03. The lowest BCUT2D eigenvalue weighted by molar-refractivity contribution is 0.751. The van der Waals surface area contributed by atoms with Gasteiger partial charge in [-0.3, -0.25) is 0 Å². The fourth-order valence-corrected chi connectivity index (χ4v) is 1.84. The van der Waals surface area contributed by atoms with Crippen molar-refractivity contribution in [2.24, 2.45) is 5.92 Å². The minimum Gasteiger partial charge on any atom is -0.119 e. The van der Waals surface area contributed by atoms with Gasteiger partial charge in [0.2, 0.25) is 0 Å². The predicted octanol–water partition coefficient (Wildman–Crippen LogP) is 3.32. The molecule has 0 saturated heterocycles. The molecule has 1 aliphatic rings. The van der Waals surface area contributed by atoms with Crippen molar-refractivity contribution >= 4 is 0 Å². The van der Waals surface area contributed by atoms with Crippen LogP contribution in [0.4, 0.5) is 0 Å².